The minimum atomic E-state index is -0.679. The predicted octanol–water partition coefficient (Wildman–Crippen LogP) is 3.14. The van der Waals surface area contributed by atoms with Crippen molar-refractivity contribution in [1.82, 2.24) is 0 Å². The Morgan fingerprint density at radius 3 is 2.56 bits per heavy atom. The summed E-state index contributed by atoms with van der Waals surface area (Å²) in [7, 11) is 0. The van der Waals surface area contributed by atoms with Gasteiger partial charge in [-0.15, -0.1) is 11.3 Å². The summed E-state index contributed by atoms with van der Waals surface area (Å²) in [6, 6.07) is 11.8. The van der Waals surface area contributed by atoms with Gasteiger partial charge in [-0.25, -0.2) is 0 Å². The molecule has 0 bridgehead atoms. The fourth-order valence-electron chi connectivity index (χ4n) is 1.31. The van der Waals surface area contributed by atoms with Gasteiger partial charge in [0, 0.05) is 10.4 Å². The fourth-order valence-corrected chi connectivity index (χ4v) is 1.97. The molecule has 0 fully saturated rings. The van der Waals surface area contributed by atoms with Crippen molar-refractivity contribution in [1.29, 1.82) is 0 Å². The summed E-state index contributed by atoms with van der Waals surface area (Å²) in [6.07, 6.45) is -0.679. The summed E-state index contributed by atoms with van der Waals surface area (Å²) in [4.78, 5) is 0.889. The zero-order chi connectivity index (χ0) is 11.4. The SMILES string of the molecule is Cc1ccc(C#C[C@@H](O)c2cccs2)cc1. The maximum atomic E-state index is 9.76. The molecular formula is C14H12OS. The third-order valence-corrected chi connectivity index (χ3v) is 3.14. The summed E-state index contributed by atoms with van der Waals surface area (Å²) in [6.45, 7) is 2.04. The molecule has 80 valence electrons. The molecule has 1 heterocycles. The first kappa shape index (κ1) is 10.9. The quantitative estimate of drug-likeness (QED) is 0.743. The zero-order valence-corrected chi connectivity index (χ0v) is 9.79. The van der Waals surface area contributed by atoms with E-state index < -0.39 is 6.10 Å². The maximum absolute atomic E-state index is 9.76. The number of benzene rings is 1. The molecule has 0 aliphatic carbocycles. The number of thiophene rings is 1. The predicted molar refractivity (Wildman–Crippen MR) is 67.3 cm³/mol. The molecule has 1 N–H and O–H groups in total. The summed E-state index contributed by atoms with van der Waals surface area (Å²) >= 11 is 1.52. The van der Waals surface area contributed by atoms with Crippen molar-refractivity contribution < 1.29 is 5.11 Å². The topological polar surface area (TPSA) is 20.2 Å². The Labute approximate surface area is 99.4 Å². The van der Waals surface area contributed by atoms with E-state index in [4.69, 9.17) is 0 Å². The second-order valence-corrected chi connectivity index (χ2v) is 4.53. The standard InChI is InChI=1S/C14H12OS/c1-11-4-6-12(7-5-11)8-9-13(15)14-3-2-10-16-14/h2-7,10,13,15H,1H3/t13-/m1/s1. The lowest BCUT2D eigenvalue weighted by Gasteiger charge is -1.97. The number of hydrogen-bond acceptors (Lipinski definition) is 2. The summed E-state index contributed by atoms with van der Waals surface area (Å²) < 4.78 is 0. The molecule has 0 aliphatic rings. The molecule has 16 heavy (non-hydrogen) atoms. The normalized spacial score (nSPS) is 11.6. The van der Waals surface area contributed by atoms with Crippen molar-refractivity contribution in [3.8, 4) is 11.8 Å². The van der Waals surface area contributed by atoms with Crippen molar-refractivity contribution in [2.24, 2.45) is 0 Å². The fraction of sp³-hybridized carbons (Fsp3) is 0.143. The van der Waals surface area contributed by atoms with Gasteiger partial charge in [-0.3, -0.25) is 0 Å². The van der Waals surface area contributed by atoms with Gasteiger partial charge < -0.3 is 5.11 Å². The van der Waals surface area contributed by atoms with E-state index in [1.54, 1.807) is 0 Å². The van der Waals surface area contributed by atoms with Crippen molar-refractivity contribution in [3.63, 3.8) is 0 Å². The van der Waals surface area contributed by atoms with Gasteiger partial charge in [0.1, 0.15) is 6.10 Å². The Hall–Kier alpha value is -1.56. The van der Waals surface area contributed by atoms with Gasteiger partial charge >= 0.3 is 0 Å². The van der Waals surface area contributed by atoms with Crippen LogP contribution in [0, 0.1) is 18.8 Å². The molecule has 0 aliphatic heterocycles. The van der Waals surface area contributed by atoms with Gasteiger partial charge in [0.2, 0.25) is 0 Å². The summed E-state index contributed by atoms with van der Waals surface area (Å²) in [5.74, 6) is 5.80. The average Bonchev–Trinajstić information content (AvgIpc) is 2.81. The highest BCUT2D eigenvalue weighted by Crippen LogP contribution is 2.17. The van der Waals surface area contributed by atoms with E-state index in [0.29, 0.717) is 0 Å². The molecule has 0 saturated carbocycles. The molecule has 1 aromatic heterocycles. The van der Waals surface area contributed by atoms with Crippen molar-refractivity contribution in [2.45, 2.75) is 13.0 Å². The zero-order valence-electron chi connectivity index (χ0n) is 8.97. The minimum absolute atomic E-state index is 0.679. The van der Waals surface area contributed by atoms with Crippen LogP contribution in [0.1, 0.15) is 22.1 Å². The van der Waals surface area contributed by atoms with Crippen LogP contribution in [0.4, 0.5) is 0 Å². The molecule has 1 aromatic carbocycles. The molecule has 0 radical (unpaired) electrons. The molecule has 0 saturated heterocycles. The van der Waals surface area contributed by atoms with Crippen molar-refractivity contribution in [2.75, 3.05) is 0 Å². The Morgan fingerprint density at radius 2 is 1.94 bits per heavy atom. The second-order valence-electron chi connectivity index (χ2n) is 3.55. The Morgan fingerprint density at radius 1 is 1.19 bits per heavy atom. The molecule has 2 aromatic rings. The van der Waals surface area contributed by atoms with Crippen LogP contribution < -0.4 is 0 Å². The van der Waals surface area contributed by atoms with Gasteiger partial charge in [0.25, 0.3) is 0 Å². The smallest absolute Gasteiger partial charge is 0.149 e. The van der Waals surface area contributed by atoms with Crippen LogP contribution in [0.2, 0.25) is 0 Å². The molecule has 0 spiro atoms. The molecule has 1 atom stereocenters. The lowest BCUT2D eigenvalue weighted by atomic mass is 10.1. The summed E-state index contributed by atoms with van der Waals surface area (Å²) in [5.41, 5.74) is 2.14. The molecular weight excluding hydrogens is 216 g/mol. The number of rotatable bonds is 1. The monoisotopic (exact) mass is 228 g/mol. The van der Waals surface area contributed by atoms with Crippen LogP contribution in [0.25, 0.3) is 0 Å². The van der Waals surface area contributed by atoms with E-state index in [1.165, 1.54) is 16.9 Å². The number of aryl methyl sites for hydroxylation is 1. The number of hydrogen-bond donors (Lipinski definition) is 1. The van der Waals surface area contributed by atoms with Gasteiger partial charge in [0.15, 0.2) is 0 Å². The van der Waals surface area contributed by atoms with Crippen LogP contribution in [0.15, 0.2) is 41.8 Å². The lowest BCUT2D eigenvalue weighted by molar-refractivity contribution is 0.242. The van der Waals surface area contributed by atoms with Gasteiger partial charge in [-0.2, -0.15) is 0 Å². The molecule has 0 unspecified atom stereocenters. The molecule has 2 heteroatoms. The molecule has 1 nitrogen and oxygen atoms in total. The Bertz CT molecular complexity index is 500. The maximum Gasteiger partial charge on any atom is 0.149 e. The molecule has 2 rings (SSSR count). The Kier molecular flexibility index (Phi) is 3.40. The first-order valence-corrected chi connectivity index (χ1v) is 5.93. The largest absolute Gasteiger partial charge is 0.375 e. The number of aliphatic hydroxyl groups excluding tert-OH is 1. The summed E-state index contributed by atoms with van der Waals surface area (Å²) in [5, 5.41) is 11.7. The highest BCUT2D eigenvalue weighted by Gasteiger charge is 2.02. The minimum Gasteiger partial charge on any atom is -0.375 e. The Balaban J connectivity index is 2.13. The van der Waals surface area contributed by atoms with Crippen LogP contribution in [0.3, 0.4) is 0 Å². The van der Waals surface area contributed by atoms with E-state index in [1.807, 2.05) is 48.7 Å². The highest BCUT2D eigenvalue weighted by atomic mass is 32.1. The van der Waals surface area contributed by atoms with E-state index >= 15 is 0 Å². The van der Waals surface area contributed by atoms with Crippen LogP contribution in [0.5, 0.6) is 0 Å². The lowest BCUT2D eigenvalue weighted by Crippen LogP contribution is -1.89. The van der Waals surface area contributed by atoms with E-state index in [2.05, 4.69) is 11.8 Å². The van der Waals surface area contributed by atoms with Crippen LogP contribution >= 0.6 is 11.3 Å². The highest BCUT2D eigenvalue weighted by molar-refractivity contribution is 7.10. The van der Waals surface area contributed by atoms with E-state index in [-0.39, 0.29) is 0 Å². The van der Waals surface area contributed by atoms with Crippen molar-refractivity contribution in [3.05, 3.63) is 57.8 Å². The average molecular weight is 228 g/mol. The van der Waals surface area contributed by atoms with Crippen LogP contribution in [-0.4, -0.2) is 5.11 Å². The van der Waals surface area contributed by atoms with Crippen LogP contribution in [-0.2, 0) is 0 Å². The van der Waals surface area contributed by atoms with Gasteiger partial charge in [-0.1, -0.05) is 35.6 Å². The van der Waals surface area contributed by atoms with E-state index in [9.17, 15) is 5.11 Å². The second kappa shape index (κ2) is 4.98. The number of aliphatic hydroxyl groups is 1. The first-order chi connectivity index (χ1) is 7.75. The van der Waals surface area contributed by atoms with Crippen molar-refractivity contribution >= 4 is 11.3 Å². The van der Waals surface area contributed by atoms with Gasteiger partial charge in [0.05, 0.1) is 0 Å². The van der Waals surface area contributed by atoms with Gasteiger partial charge in [-0.05, 0) is 30.5 Å². The third-order valence-electron chi connectivity index (χ3n) is 2.22. The van der Waals surface area contributed by atoms with E-state index in [0.717, 1.165) is 10.4 Å². The first-order valence-electron chi connectivity index (χ1n) is 5.05. The molecule has 0 amide bonds. The third kappa shape index (κ3) is 2.73.